The van der Waals surface area contributed by atoms with E-state index in [0.29, 0.717) is 11.3 Å². The zero-order valence-corrected chi connectivity index (χ0v) is 10.4. The van der Waals surface area contributed by atoms with E-state index in [9.17, 15) is 0 Å². The van der Waals surface area contributed by atoms with Crippen molar-refractivity contribution in [3.8, 4) is 6.07 Å². The van der Waals surface area contributed by atoms with Crippen LogP contribution in [0, 0.1) is 16.7 Å². The molecule has 0 heterocycles. The number of benzene rings is 1. The largest absolute Gasteiger partial charge is 0.399 e. The van der Waals surface area contributed by atoms with Gasteiger partial charge in [-0.2, -0.15) is 5.26 Å². The second-order valence-electron chi connectivity index (χ2n) is 5.31. The van der Waals surface area contributed by atoms with Gasteiger partial charge in [0.2, 0.25) is 0 Å². The molecule has 0 amide bonds. The topological polar surface area (TPSA) is 53.0 Å². The van der Waals surface area contributed by atoms with Gasteiger partial charge in [0.1, 0.15) is 6.07 Å². The first-order valence-electron chi connectivity index (χ1n) is 5.34. The van der Waals surface area contributed by atoms with Gasteiger partial charge in [-0.1, -0.05) is 20.8 Å². The van der Waals surface area contributed by atoms with E-state index in [0.717, 1.165) is 12.2 Å². The highest BCUT2D eigenvalue weighted by molar-refractivity contribution is 5.64. The predicted octanol–water partition coefficient (Wildman–Crippen LogP) is 2.62. The van der Waals surface area contributed by atoms with Gasteiger partial charge in [0, 0.05) is 19.3 Å². The molecule has 0 bridgehead atoms. The number of rotatable bonds is 2. The van der Waals surface area contributed by atoms with Crippen LogP contribution in [0.3, 0.4) is 0 Å². The molecule has 1 aromatic rings. The number of nitrogen functional groups attached to an aromatic ring is 1. The van der Waals surface area contributed by atoms with Crippen LogP contribution in [0.25, 0.3) is 0 Å². The van der Waals surface area contributed by atoms with Gasteiger partial charge in [0.05, 0.1) is 11.3 Å². The predicted molar refractivity (Wildman–Crippen MR) is 68.3 cm³/mol. The van der Waals surface area contributed by atoms with E-state index < -0.39 is 0 Å². The molecule has 0 aromatic heterocycles. The van der Waals surface area contributed by atoms with Gasteiger partial charge in [0.15, 0.2) is 0 Å². The molecule has 0 saturated heterocycles. The Labute approximate surface area is 97.5 Å². The average molecular weight is 217 g/mol. The third kappa shape index (κ3) is 3.16. The first-order valence-corrected chi connectivity index (χ1v) is 5.34. The summed E-state index contributed by atoms with van der Waals surface area (Å²) < 4.78 is 0. The van der Waals surface area contributed by atoms with Crippen LogP contribution in [-0.4, -0.2) is 13.6 Å². The summed E-state index contributed by atoms with van der Waals surface area (Å²) in [6.45, 7) is 7.41. The van der Waals surface area contributed by atoms with Crippen molar-refractivity contribution in [2.75, 3.05) is 24.2 Å². The summed E-state index contributed by atoms with van der Waals surface area (Å²) in [7, 11) is 2.00. The minimum Gasteiger partial charge on any atom is -0.399 e. The molecule has 0 spiro atoms. The van der Waals surface area contributed by atoms with Gasteiger partial charge >= 0.3 is 0 Å². The van der Waals surface area contributed by atoms with Crippen LogP contribution in [0.5, 0.6) is 0 Å². The molecule has 0 aliphatic rings. The lowest BCUT2D eigenvalue weighted by Crippen LogP contribution is -2.29. The molecular weight excluding hydrogens is 198 g/mol. The third-order valence-corrected chi connectivity index (χ3v) is 2.26. The fourth-order valence-corrected chi connectivity index (χ4v) is 1.77. The molecule has 3 nitrogen and oxygen atoms in total. The van der Waals surface area contributed by atoms with Crippen molar-refractivity contribution in [3.05, 3.63) is 23.8 Å². The van der Waals surface area contributed by atoms with Crippen LogP contribution >= 0.6 is 0 Å². The molecule has 0 fully saturated rings. The van der Waals surface area contributed by atoms with Gasteiger partial charge in [0.25, 0.3) is 0 Å². The SMILES string of the molecule is CN(CC(C)(C)C)c1ccc(N)cc1C#N. The molecule has 3 heteroatoms. The van der Waals surface area contributed by atoms with Gasteiger partial charge < -0.3 is 10.6 Å². The molecule has 0 unspecified atom stereocenters. The number of nitriles is 1. The first-order chi connectivity index (χ1) is 7.33. The zero-order chi connectivity index (χ0) is 12.3. The number of nitrogens with zero attached hydrogens (tertiary/aromatic N) is 2. The molecule has 0 aliphatic heterocycles. The van der Waals surface area contributed by atoms with E-state index in [1.54, 1.807) is 6.07 Å². The van der Waals surface area contributed by atoms with Crippen LogP contribution in [0.1, 0.15) is 26.3 Å². The Morgan fingerprint density at radius 2 is 2.00 bits per heavy atom. The Morgan fingerprint density at radius 1 is 1.38 bits per heavy atom. The fraction of sp³-hybridized carbons (Fsp3) is 0.462. The second kappa shape index (κ2) is 4.44. The summed E-state index contributed by atoms with van der Waals surface area (Å²) in [6.07, 6.45) is 0. The molecule has 2 N–H and O–H groups in total. The Morgan fingerprint density at radius 3 is 2.50 bits per heavy atom. The normalized spacial score (nSPS) is 10.9. The Balaban J connectivity index is 3.00. The smallest absolute Gasteiger partial charge is 0.101 e. The molecule has 16 heavy (non-hydrogen) atoms. The molecule has 0 aliphatic carbocycles. The molecular formula is C13H19N3. The maximum absolute atomic E-state index is 9.06. The molecule has 86 valence electrons. The van der Waals surface area contributed by atoms with Crippen molar-refractivity contribution in [2.45, 2.75) is 20.8 Å². The summed E-state index contributed by atoms with van der Waals surface area (Å²) in [4.78, 5) is 2.10. The number of anilines is 2. The van der Waals surface area contributed by atoms with Crippen LogP contribution in [0.2, 0.25) is 0 Å². The first kappa shape index (κ1) is 12.4. The lowest BCUT2D eigenvalue weighted by molar-refractivity contribution is 0.419. The van der Waals surface area contributed by atoms with Crippen LogP contribution in [0.4, 0.5) is 11.4 Å². The Bertz CT molecular complexity index is 410. The maximum Gasteiger partial charge on any atom is 0.101 e. The highest BCUT2D eigenvalue weighted by atomic mass is 15.1. The van der Waals surface area contributed by atoms with Gasteiger partial charge in [-0.25, -0.2) is 0 Å². The Hall–Kier alpha value is -1.69. The van der Waals surface area contributed by atoms with E-state index >= 15 is 0 Å². The van der Waals surface area contributed by atoms with Crippen LogP contribution in [-0.2, 0) is 0 Å². The average Bonchev–Trinajstić information content (AvgIpc) is 2.14. The summed E-state index contributed by atoms with van der Waals surface area (Å²) >= 11 is 0. The minimum absolute atomic E-state index is 0.197. The minimum atomic E-state index is 0.197. The second-order valence-corrected chi connectivity index (χ2v) is 5.31. The third-order valence-electron chi connectivity index (χ3n) is 2.26. The van der Waals surface area contributed by atoms with E-state index in [2.05, 4.69) is 31.7 Å². The molecule has 0 atom stereocenters. The van der Waals surface area contributed by atoms with E-state index in [1.165, 1.54) is 0 Å². The van der Waals surface area contributed by atoms with Crippen molar-refractivity contribution < 1.29 is 0 Å². The molecule has 0 saturated carbocycles. The van der Waals surface area contributed by atoms with Gasteiger partial charge in [-0.05, 0) is 23.6 Å². The van der Waals surface area contributed by atoms with Crippen molar-refractivity contribution in [1.82, 2.24) is 0 Å². The number of nitrogens with two attached hydrogens (primary N) is 1. The van der Waals surface area contributed by atoms with Crippen molar-refractivity contribution in [2.24, 2.45) is 5.41 Å². The number of hydrogen-bond acceptors (Lipinski definition) is 3. The quantitative estimate of drug-likeness (QED) is 0.775. The lowest BCUT2D eigenvalue weighted by atomic mass is 9.95. The highest BCUT2D eigenvalue weighted by Gasteiger charge is 2.16. The van der Waals surface area contributed by atoms with Gasteiger partial charge in [-0.15, -0.1) is 0 Å². The zero-order valence-electron chi connectivity index (χ0n) is 10.4. The van der Waals surface area contributed by atoms with Crippen LogP contribution < -0.4 is 10.6 Å². The standard InChI is InChI=1S/C13H19N3/c1-13(2,3)9-16(4)12-6-5-11(15)7-10(12)8-14/h5-7H,9,15H2,1-4H3. The van der Waals surface area contributed by atoms with Gasteiger partial charge in [-0.3, -0.25) is 0 Å². The highest BCUT2D eigenvalue weighted by Crippen LogP contribution is 2.24. The lowest BCUT2D eigenvalue weighted by Gasteiger charge is -2.28. The fourth-order valence-electron chi connectivity index (χ4n) is 1.77. The van der Waals surface area contributed by atoms with Crippen LogP contribution in [0.15, 0.2) is 18.2 Å². The van der Waals surface area contributed by atoms with E-state index in [-0.39, 0.29) is 5.41 Å². The Kier molecular flexibility index (Phi) is 3.44. The summed E-state index contributed by atoms with van der Waals surface area (Å²) in [5.41, 5.74) is 8.06. The number of hydrogen-bond donors (Lipinski definition) is 1. The summed E-state index contributed by atoms with van der Waals surface area (Å²) in [5.74, 6) is 0. The summed E-state index contributed by atoms with van der Waals surface area (Å²) in [6, 6.07) is 7.63. The van der Waals surface area contributed by atoms with E-state index in [4.69, 9.17) is 11.0 Å². The molecule has 0 radical (unpaired) electrons. The molecule has 1 aromatic carbocycles. The van der Waals surface area contributed by atoms with Crippen molar-refractivity contribution in [1.29, 1.82) is 5.26 Å². The summed E-state index contributed by atoms with van der Waals surface area (Å²) in [5, 5.41) is 9.06. The molecule has 1 rings (SSSR count). The van der Waals surface area contributed by atoms with Crippen molar-refractivity contribution >= 4 is 11.4 Å². The monoisotopic (exact) mass is 217 g/mol. The van der Waals surface area contributed by atoms with E-state index in [1.807, 2.05) is 19.2 Å². The van der Waals surface area contributed by atoms with Crippen molar-refractivity contribution in [3.63, 3.8) is 0 Å². The maximum atomic E-state index is 9.06.